The molecule has 33 valence electrons. The van der Waals surface area contributed by atoms with Gasteiger partial charge in [0.05, 0.1) is 0 Å². The Labute approximate surface area is 50.9 Å². The Bertz CT molecular complexity index is 86.3. The minimum atomic E-state index is -0.917. The Morgan fingerprint density at radius 1 is 1.00 bits per heavy atom. The van der Waals surface area contributed by atoms with Crippen LogP contribution in [-0.4, -0.2) is 31.2 Å². The summed E-state index contributed by atoms with van der Waals surface area (Å²) in [4.78, 5) is 18.9. The molecule has 1 aliphatic heterocycles. The first-order valence-electron chi connectivity index (χ1n) is 1.22. The molecule has 0 bridgehead atoms. The monoisotopic (exact) mass is 95.0 g/mol. The van der Waals surface area contributed by atoms with Crippen LogP contribution >= 0.6 is 0 Å². The molecule has 0 aliphatic carbocycles. The maximum Gasteiger partial charge on any atom is 0.528 e. The van der Waals surface area contributed by atoms with Gasteiger partial charge in [-0.3, -0.25) is 0 Å². The Balaban J connectivity index is 0.000000360. The molecule has 0 unspecified atom stereocenters. The fraction of sp³-hybridized carbons (Fsp3) is 0. The molecule has 0 atom stereocenters. The van der Waals surface area contributed by atoms with Crippen molar-refractivity contribution in [1.29, 1.82) is 0 Å². The maximum absolute atomic E-state index is 9.44. The van der Waals surface area contributed by atoms with Gasteiger partial charge in [-0.15, -0.1) is 0 Å². The van der Waals surface area contributed by atoms with Gasteiger partial charge in [-0.2, -0.15) is 0 Å². The molecular formula is C2LiO4. The van der Waals surface area contributed by atoms with Gasteiger partial charge >= 0.3 is 12.3 Å². The molecule has 0 aromatic heterocycles. The smallest absolute Gasteiger partial charge is 0.327 e. The molecule has 1 fully saturated rings. The predicted octanol–water partition coefficient (Wildman–Crippen LogP) is -0.108. The van der Waals surface area contributed by atoms with E-state index in [1.54, 1.807) is 0 Å². The summed E-state index contributed by atoms with van der Waals surface area (Å²) < 4.78 is 7.28. The van der Waals surface area contributed by atoms with E-state index in [0.717, 1.165) is 0 Å². The third-order valence-corrected chi connectivity index (χ3v) is 0.333. The van der Waals surface area contributed by atoms with Crippen LogP contribution in [-0.2, 0) is 9.47 Å². The van der Waals surface area contributed by atoms with Gasteiger partial charge in [0.15, 0.2) is 0 Å². The molecule has 0 N–H and O–H groups in total. The first kappa shape index (κ1) is 6.54. The maximum atomic E-state index is 9.44. The third-order valence-electron chi connectivity index (χ3n) is 0.333. The Morgan fingerprint density at radius 2 is 1.29 bits per heavy atom. The average molecular weight is 95.0 g/mol. The van der Waals surface area contributed by atoms with Crippen LogP contribution in [0.1, 0.15) is 0 Å². The van der Waals surface area contributed by atoms with Gasteiger partial charge in [-0.1, -0.05) is 0 Å². The van der Waals surface area contributed by atoms with E-state index in [1.165, 1.54) is 0 Å². The van der Waals surface area contributed by atoms with E-state index in [-0.39, 0.29) is 18.9 Å². The quantitative estimate of drug-likeness (QED) is 0.239. The number of ether oxygens (including phenoxy) is 2. The van der Waals surface area contributed by atoms with E-state index < -0.39 is 12.3 Å². The second-order valence-corrected chi connectivity index (χ2v) is 0.704. The van der Waals surface area contributed by atoms with Crippen LogP contribution in [0.3, 0.4) is 0 Å². The van der Waals surface area contributed by atoms with Crippen molar-refractivity contribution in [3.8, 4) is 0 Å². The van der Waals surface area contributed by atoms with Crippen LogP contribution in [0.15, 0.2) is 0 Å². The molecule has 1 saturated heterocycles. The van der Waals surface area contributed by atoms with Crippen LogP contribution in [0.2, 0.25) is 0 Å². The molecule has 5 heteroatoms. The van der Waals surface area contributed by atoms with Crippen molar-refractivity contribution in [1.82, 2.24) is 0 Å². The molecule has 1 aliphatic rings. The number of rotatable bonds is 0. The van der Waals surface area contributed by atoms with Gasteiger partial charge < -0.3 is 9.47 Å². The van der Waals surface area contributed by atoms with Crippen molar-refractivity contribution in [2.45, 2.75) is 0 Å². The normalized spacial score (nSPS) is 15.4. The van der Waals surface area contributed by atoms with E-state index in [4.69, 9.17) is 0 Å². The van der Waals surface area contributed by atoms with E-state index in [2.05, 4.69) is 9.47 Å². The minimum absolute atomic E-state index is 0. The molecule has 0 aromatic rings. The summed E-state index contributed by atoms with van der Waals surface area (Å²) in [6.45, 7) is 0. The molecule has 0 spiro atoms. The number of carbonyl (C=O) groups is 2. The molecule has 1 radical (unpaired) electrons. The zero-order chi connectivity index (χ0) is 4.57. The first-order chi connectivity index (χ1) is 2.79. The van der Waals surface area contributed by atoms with E-state index >= 15 is 0 Å². The summed E-state index contributed by atoms with van der Waals surface area (Å²) >= 11 is 0. The molecule has 1 heterocycles. The average Bonchev–Trinajstić information content (AvgIpc) is 1.33. The second-order valence-electron chi connectivity index (χ2n) is 0.704. The predicted molar refractivity (Wildman–Crippen MR) is 18.7 cm³/mol. The number of hydrogen-bond donors (Lipinski definition) is 0. The van der Waals surface area contributed by atoms with Crippen molar-refractivity contribution < 1.29 is 19.1 Å². The molecule has 0 saturated carbocycles. The Morgan fingerprint density at radius 3 is 1.29 bits per heavy atom. The molecule has 0 aromatic carbocycles. The topological polar surface area (TPSA) is 52.6 Å². The van der Waals surface area contributed by atoms with Gasteiger partial charge in [-0.25, -0.2) is 9.59 Å². The van der Waals surface area contributed by atoms with Gasteiger partial charge in [0.2, 0.25) is 0 Å². The molecule has 1 rings (SSSR count). The van der Waals surface area contributed by atoms with Crippen LogP contribution in [0.5, 0.6) is 0 Å². The summed E-state index contributed by atoms with van der Waals surface area (Å²) in [6, 6.07) is 0. The van der Waals surface area contributed by atoms with E-state index in [0.29, 0.717) is 0 Å². The summed E-state index contributed by atoms with van der Waals surface area (Å²) in [5, 5.41) is 0. The third kappa shape index (κ3) is 1.22. The summed E-state index contributed by atoms with van der Waals surface area (Å²) in [7, 11) is 0. The van der Waals surface area contributed by atoms with Crippen LogP contribution in [0.4, 0.5) is 9.59 Å². The molecule has 7 heavy (non-hydrogen) atoms. The molecule has 4 nitrogen and oxygen atoms in total. The largest absolute Gasteiger partial charge is 0.528 e. The van der Waals surface area contributed by atoms with Gasteiger partial charge in [0.25, 0.3) is 0 Å². The van der Waals surface area contributed by atoms with Crippen molar-refractivity contribution in [3.63, 3.8) is 0 Å². The number of hydrogen-bond acceptors (Lipinski definition) is 4. The van der Waals surface area contributed by atoms with E-state index in [1.807, 2.05) is 0 Å². The fourth-order valence-electron chi connectivity index (χ4n) is 0.144. The van der Waals surface area contributed by atoms with Crippen LogP contribution in [0, 0.1) is 0 Å². The summed E-state index contributed by atoms with van der Waals surface area (Å²) in [5.41, 5.74) is 0. The Kier molecular flexibility index (Phi) is 1.87. The zero-order valence-corrected chi connectivity index (χ0v) is 3.63. The van der Waals surface area contributed by atoms with Gasteiger partial charge in [-0.05, 0) is 0 Å². The summed E-state index contributed by atoms with van der Waals surface area (Å²) in [6.07, 6.45) is -1.83. The number of carbonyl (C=O) groups excluding carboxylic acids is 2. The van der Waals surface area contributed by atoms with Crippen LogP contribution in [0.25, 0.3) is 0 Å². The van der Waals surface area contributed by atoms with Gasteiger partial charge in [0, 0.05) is 18.9 Å². The van der Waals surface area contributed by atoms with Crippen molar-refractivity contribution >= 4 is 31.2 Å². The SMILES string of the molecule is O=C1OC(=O)O1.[Li]. The van der Waals surface area contributed by atoms with Gasteiger partial charge in [0.1, 0.15) is 0 Å². The van der Waals surface area contributed by atoms with Crippen molar-refractivity contribution in [2.24, 2.45) is 0 Å². The van der Waals surface area contributed by atoms with E-state index in [9.17, 15) is 9.59 Å². The number of cyclic esters (lactones) is 4. The Hall–Kier alpha value is -0.463. The second kappa shape index (κ2) is 2.01. The first-order valence-corrected chi connectivity index (χ1v) is 1.22. The zero-order valence-electron chi connectivity index (χ0n) is 3.63. The fourth-order valence-corrected chi connectivity index (χ4v) is 0.144. The molecule has 0 amide bonds. The van der Waals surface area contributed by atoms with Crippen molar-refractivity contribution in [2.75, 3.05) is 0 Å². The summed E-state index contributed by atoms with van der Waals surface area (Å²) in [5.74, 6) is 0. The molecular weight excluding hydrogens is 95.0 g/mol. The van der Waals surface area contributed by atoms with Crippen molar-refractivity contribution in [3.05, 3.63) is 0 Å². The minimum Gasteiger partial charge on any atom is -0.327 e. The standard InChI is InChI=1S/C2O4.Li/c3-1-5-2(4)6-1;. The van der Waals surface area contributed by atoms with Crippen LogP contribution < -0.4 is 0 Å².